The Kier molecular flexibility index (Phi) is 10.7. The first-order valence-corrected chi connectivity index (χ1v) is 17.7. The molecular weight excluding hydrogens is 633 g/mol. The Balaban J connectivity index is 1.10. The fourth-order valence-corrected chi connectivity index (χ4v) is 6.83. The van der Waals surface area contributed by atoms with Gasteiger partial charge in [-0.15, -0.1) is 0 Å². The lowest BCUT2D eigenvalue weighted by molar-refractivity contribution is -0.253. The summed E-state index contributed by atoms with van der Waals surface area (Å²) in [6, 6.07) is 49.2. The summed E-state index contributed by atoms with van der Waals surface area (Å²) in [5, 5.41) is 15.2. The highest BCUT2D eigenvalue weighted by Crippen LogP contribution is 2.39. The topological polar surface area (TPSA) is 71.0 Å². The second-order valence-electron chi connectivity index (χ2n) is 13.4. The lowest BCUT2D eigenvalue weighted by Crippen LogP contribution is -2.38. The van der Waals surface area contributed by atoms with E-state index in [9.17, 15) is 9.90 Å². The van der Waals surface area contributed by atoms with E-state index in [0.717, 1.165) is 39.9 Å². The highest BCUT2D eigenvalue weighted by molar-refractivity contribution is 5.94. The number of hydrogen-bond donors (Lipinski definition) is 2. The van der Waals surface area contributed by atoms with E-state index in [0.29, 0.717) is 18.5 Å². The summed E-state index contributed by atoms with van der Waals surface area (Å²) in [4.78, 5) is 15.0. The molecule has 2 N–H and O–H groups in total. The van der Waals surface area contributed by atoms with Crippen molar-refractivity contribution < 1.29 is 19.4 Å². The standard InChI is InChI=1S/C45H44N2O4/c1-31(37-23-22-34-11-6-7-14-39(34)25-37)47(2)29-42-27-43(35-20-18-32(30-48)19-21-35)51-45(50-42)41-17-9-16-40(26-41)38-15-8-10-33(24-38)28-46-44(49)36-12-4-3-5-13-36/h3-26,31,42-43,45,48H,27-30H2,1-2H3,(H,46,49)/t31-,42+,43-,45-/m1/s1. The number of amides is 1. The number of nitrogens with zero attached hydrogens (tertiary/aromatic N) is 1. The molecular formula is C45H44N2O4. The van der Waals surface area contributed by atoms with Crippen molar-refractivity contribution in [1.82, 2.24) is 10.2 Å². The zero-order chi connectivity index (χ0) is 35.2. The van der Waals surface area contributed by atoms with Crippen LogP contribution in [-0.4, -0.2) is 35.6 Å². The number of carbonyl (C=O) groups excluding carboxylic acids is 1. The second-order valence-corrected chi connectivity index (χ2v) is 13.4. The normalized spacial score (nSPS) is 18.1. The first-order valence-electron chi connectivity index (χ1n) is 17.7. The molecule has 6 nitrogen and oxygen atoms in total. The van der Waals surface area contributed by atoms with Gasteiger partial charge in [0, 0.05) is 36.7 Å². The van der Waals surface area contributed by atoms with Gasteiger partial charge in [-0.3, -0.25) is 9.69 Å². The molecule has 51 heavy (non-hydrogen) atoms. The Morgan fingerprint density at radius 2 is 1.47 bits per heavy atom. The SMILES string of the molecule is C[C@H](c1ccc2ccccc2c1)N(C)C[C@@H]1C[C@H](c2ccc(CO)cc2)O[C@H](c2cccc(-c3cccc(CNC(=O)c4ccccc4)c3)c2)O1. The Labute approximate surface area is 300 Å². The van der Waals surface area contributed by atoms with Crippen LogP contribution < -0.4 is 5.32 Å². The maximum Gasteiger partial charge on any atom is 0.251 e. The van der Waals surface area contributed by atoms with Crippen LogP contribution in [0.25, 0.3) is 21.9 Å². The van der Waals surface area contributed by atoms with Crippen molar-refractivity contribution in [3.05, 3.63) is 179 Å². The van der Waals surface area contributed by atoms with Gasteiger partial charge in [0.2, 0.25) is 0 Å². The van der Waals surface area contributed by atoms with Gasteiger partial charge < -0.3 is 19.9 Å². The number of ether oxygens (including phenoxy) is 2. The summed E-state index contributed by atoms with van der Waals surface area (Å²) in [5.41, 5.74) is 7.91. The van der Waals surface area contributed by atoms with Crippen molar-refractivity contribution in [2.75, 3.05) is 13.6 Å². The average molecular weight is 677 g/mol. The first-order chi connectivity index (χ1) is 24.9. The molecule has 0 radical (unpaired) electrons. The molecule has 7 rings (SSSR count). The van der Waals surface area contributed by atoms with Crippen molar-refractivity contribution in [2.24, 2.45) is 0 Å². The van der Waals surface area contributed by atoms with Crippen LogP contribution in [0.5, 0.6) is 0 Å². The number of nitrogens with one attached hydrogen (secondary N) is 1. The van der Waals surface area contributed by atoms with Gasteiger partial charge in [0.15, 0.2) is 6.29 Å². The lowest BCUT2D eigenvalue weighted by atomic mass is 9.97. The van der Waals surface area contributed by atoms with E-state index < -0.39 is 6.29 Å². The van der Waals surface area contributed by atoms with E-state index in [4.69, 9.17) is 9.47 Å². The number of rotatable bonds is 11. The summed E-state index contributed by atoms with van der Waals surface area (Å²) in [7, 11) is 2.16. The molecule has 258 valence electrons. The molecule has 1 amide bonds. The number of aliphatic hydroxyl groups excluding tert-OH is 1. The summed E-state index contributed by atoms with van der Waals surface area (Å²) in [6.07, 6.45) is -0.116. The number of aliphatic hydroxyl groups is 1. The van der Waals surface area contributed by atoms with Crippen LogP contribution in [0.1, 0.15) is 70.0 Å². The summed E-state index contributed by atoms with van der Waals surface area (Å²) < 4.78 is 13.5. The molecule has 6 aromatic rings. The Hall–Kier alpha value is -5.11. The van der Waals surface area contributed by atoms with Gasteiger partial charge >= 0.3 is 0 Å². The van der Waals surface area contributed by atoms with E-state index in [1.807, 2.05) is 60.7 Å². The quantitative estimate of drug-likeness (QED) is 0.143. The smallest absolute Gasteiger partial charge is 0.251 e. The van der Waals surface area contributed by atoms with Crippen LogP contribution in [-0.2, 0) is 22.6 Å². The molecule has 0 spiro atoms. The highest BCUT2D eigenvalue weighted by atomic mass is 16.7. The number of fused-ring (bicyclic) bond motifs is 1. The molecule has 0 aromatic heterocycles. The van der Waals surface area contributed by atoms with E-state index >= 15 is 0 Å². The average Bonchev–Trinajstić information content (AvgIpc) is 3.19. The number of carbonyl (C=O) groups is 1. The number of hydrogen-bond acceptors (Lipinski definition) is 5. The molecule has 0 unspecified atom stereocenters. The first kappa shape index (κ1) is 34.3. The van der Waals surface area contributed by atoms with Crippen LogP contribution in [0.15, 0.2) is 146 Å². The Morgan fingerprint density at radius 1 is 0.745 bits per heavy atom. The van der Waals surface area contributed by atoms with Crippen LogP contribution in [0.3, 0.4) is 0 Å². The van der Waals surface area contributed by atoms with Gasteiger partial charge in [-0.2, -0.15) is 0 Å². The van der Waals surface area contributed by atoms with Crippen LogP contribution in [0.4, 0.5) is 0 Å². The third kappa shape index (κ3) is 8.28. The molecule has 0 bridgehead atoms. The van der Waals surface area contributed by atoms with Crippen LogP contribution >= 0.6 is 0 Å². The maximum atomic E-state index is 12.7. The zero-order valence-electron chi connectivity index (χ0n) is 29.1. The van der Waals surface area contributed by atoms with Gasteiger partial charge in [0.25, 0.3) is 5.91 Å². The highest BCUT2D eigenvalue weighted by Gasteiger charge is 2.33. The summed E-state index contributed by atoms with van der Waals surface area (Å²) >= 11 is 0. The van der Waals surface area contributed by atoms with E-state index in [2.05, 4.69) is 109 Å². The summed E-state index contributed by atoms with van der Waals surface area (Å²) in [5.74, 6) is -0.0954. The Morgan fingerprint density at radius 3 is 2.25 bits per heavy atom. The van der Waals surface area contributed by atoms with Crippen molar-refractivity contribution in [2.45, 2.75) is 51.0 Å². The molecule has 6 aromatic carbocycles. The van der Waals surface area contributed by atoms with E-state index in [-0.39, 0.29) is 30.8 Å². The fraction of sp³-hybridized carbons (Fsp3) is 0.222. The van der Waals surface area contributed by atoms with Crippen molar-refractivity contribution in [1.29, 1.82) is 0 Å². The van der Waals surface area contributed by atoms with E-state index in [1.165, 1.54) is 16.3 Å². The molecule has 1 aliphatic heterocycles. The second kappa shape index (κ2) is 15.8. The molecule has 0 saturated carbocycles. The van der Waals surface area contributed by atoms with E-state index in [1.54, 1.807) is 0 Å². The molecule has 6 heteroatoms. The predicted molar refractivity (Wildman–Crippen MR) is 203 cm³/mol. The van der Waals surface area contributed by atoms with Crippen molar-refractivity contribution in [3.8, 4) is 11.1 Å². The predicted octanol–water partition coefficient (Wildman–Crippen LogP) is 9.17. The largest absolute Gasteiger partial charge is 0.392 e. The molecule has 1 fully saturated rings. The van der Waals surface area contributed by atoms with Crippen molar-refractivity contribution >= 4 is 16.7 Å². The molecule has 1 heterocycles. The monoisotopic (exact) mass is 676 g/mol. The number of likely N-dealkylation sites (N-methyl/N-ethyl adjacent to an activating group) is 1. The van der Waals surface area contributed by atoms with Gasteiger partial charge in [-0.25, -0.2) is 0 Å². The maximum absolute atomic E-state index is 12.7. The molecule has 0 aliphatic carbocycles. The van der Waals surface area contributed by atoms with Gasteiger partial charge in [-0.1, -0.05) is 115 Å². The van der Waals surface area contributed by atoms with Crippen LogP contribution in [0, 0.1) is 0 Å². The lowest BCUT2D eigenvalue weighted by Gasteiger charge is -2.39. The third-order valence-corrected chi connectivity index (χ3v) is 9.93. The Bertz CT molecular complexity index is 2080. The van der Waals surface area contributed by atoms with Gasteiger partial charge in [0.05, 0.1) is 18.8 Å². The van der Waals surface area contributed by atoms with Crippen molar-refractivity contribution in [3.63, 3.8) is 0 Å². The minimum absolute atomic E-state index is 0.00497. The third-order valence-electron chi connectivity index (χ3n) is 9.93. The minimum Gasteiger partial charge on any atom is -0.392 e. The van der Waals surface area contributed by atoms with Gasteiger partial charge in [-0.05, 0) is 88.5 Å². The molecule has 4 atom stereocenters. The van der Waals surface area contributed by atoms with Crippen LogP contribution in [0.2, 0.25) is 0 Å². The number of benzene rings is 6. The molecule has 1 saturated heterocycles. The fourth-order valence-electron chi connectivity index (χ4n) is 6.83. The van der Waals surface area contributed by atoms with Gasteiger partial charge in [0.1, 0.15) is 0 Å². The summed E-state index contributed by atoms with van der Waals surface area (Å²) in [6.45, 7) is 3.41. The molecule has 1 aliphatic rings. The zero-order valence-corrected chi connectivity index (χ0v) is 29.1. The minimum atomic E-state index is -0.566.